The number of Topliss-reactive ketones (excluding diaryl/α,β-unsaturated/α-hetero) is 1. The largest absolute Gasteiger partial charge is 0.336 e. The van der Waals surface area contributed by atoms with Crippen LogP contribution in [0.15, 0.2) is 12.7 Å². The molecule has 12 heteroatoms. The summed E-state index contributed by atoms with van der Waals surface area (Å²) >= 11 is 0. The van der Waals surface area contributed by atoms with Crippen LogP contribution in [0.5, 0.6) is 0 Å². The van der Waals surface area contributed by atoms with E-state index in [1.165, 1.54) is 6.08 Å². The Morgan fingerprint density at radius 1 is 1.05 bits per heavy atom. The highest BCUT2D eigenvalue weighted by atomic mass is 19.1. The number of amides is 3. The Labute approximate surface area is 260 Å². The molecule has 11 unspecified atom stereocenters. The monoisotopic (exact) mass is 619 g/mol. The van der Waals surface area contributed by atoms with Gasteiger partial charge in [-0.2, -0.15) is 0 Å². The number of piperidine rings is 2. The molecule has 0 aromatic heterocycles. The van der Waals surface area contributed by atoms with E-state index in [0.29, 0.717) is 52.0 Å². The van der Waals surface area contributed by atoms with Crippen molar-refractivity contribution in [3.05, 3.63) is 12.7 Å². The molecule has 44 heavy (non-hydrogen) atoms. The van der Waals surface area contributed by atoms with Crippen LogP contribution in [0.25, 0.3) is 0 Å². The summed E-state index contributed by atoms with van der Waals surface area (Å²) in [5.74, 6) is -1.14. The Kier molecular flexibility index (Phi) is 9.34. The van der Waals surface area contributed by atoms with Gasteiger partial charge in [0.1, 0.15) is 18.1 Å². The summed E-state index contributed by atoms with van der Waals surface area (Å²) in [6.07, 6.45) is 0.767. The lowest BCUT2D eigenvalue weighted by molar-refractivity contribution is -0.136. The van der Waals surface area contributed by atoms with Crippen molar-refractivity contribution < 1.29 is 23.2 Å². The fourth-order valence-electron chi connectivity index (χ4n) is 9.44. The molecule has 10 nitrogen and oxygen atoms in total. The number of fused-ring (bicyclic) bond motifs is 5. The van der Waals surface area contributed by atoms with Crippen molar-refractivity contribution in [1.29, 1.82) is 0 Å². The van der Waals surface area contributed by atoms with Gasteiger partial charge in [0.15, 0.2) is 0 Å². The zero-order valence-electron chi connectivity index (χ0n) is 26.4. The van der Waals surface area contributed by atoms with E-state index < -0.39 is 42.7 Å². The summed E-state index contributed by atoms with van der Waals surface area (Å²) in [6.45, 7) is 12.5. The molecule has 3 amide bonds. The number of hydrogen-bond acceptors (Lipinski definition) is 7. The van der Waals surface area contributed by atoms with Crippen molar-refractivity contribution in [3.63, 3.8) is 0 Å². The molecule has 12 atom stereocenters. The second kappa shape index (κ2) is 12.9. The first kappa shape index (κ1) is 31.8. The van der Waals surface area contributed by atoms with Crippen molar-refractivity contribution in [1.82, 2.24) is 36.0 Å². The van der Waals surface area contributed by atoms with Crippen LogP contribution in [0.4, 0.5) is 13.6 Å². The van der Waals surface area contributed by atoms with Gasteiger partial charge in [0, 0.05) is 74.5 Å². The van der Waals surface area contributed by atoms with Gasteiger partial charge in [-0.25, -0.2) is 13.6 Å². The van der Waals surface area contributed by atoms with Crippen LogP contribution >= 0.6 is 0 Å². The molecule has 246 valence electrons. The Bertz CT molecular complexity index is 1110. The van der Waals surface area contributed by atoms with Gasteiger partial charge in [-0.1, -0.05) is 20.4 Å². The highest BCUT2D eigenvalue weighted by Crippen LogP contribution is 2.42. The zero-order valence-corrected chi connectivity index (χ0v) is 26.4. The molecule has 0 aromatic rings. The first-order valence-electron chi connectivity index (χ1n) is 16.9. The standard InChI is InChI=1S/C32H51F2N7O3/c1-5-25(43)39-13-14-40(18(4)16-39)30-20-15-22(34)28-26-21(33)7-6-8-23(26)35-12-10-24(42)19-9-11-36-27(17(2)3)29(19)41(31(20)37-28)32(44)38-30/h5,17-23,26-31,35-37H,1,6-16H2,2-4H3,(H,38,44)/t18-,19?,20?,21?,22?,23?,26?,27?,28?,29?,30?,31?/m0/s1. The Balaban J connectivity index is 1.40. The summed E-state index contributed by atoms with van der Waals surface area (Å²) in [6, 6.07) is -1.88. The van der Waals surface area contributed by atoms with Gasteiger partial charge in [-0.3, -0.25) is 19.8 Å². The minimum atomic E-state index is -1.30. The fraction of sp³-hybridized carbons (Fsp3) is 0.844. The van der Waals surface area contributed by atoms with E-state index in [4.69, 9.17) is 0 Å². The number of hydrogen-bond donors (Lipinski definition) is 4. The average molecular weight is 620 g/mol. The average Bonchev–Trinajstić information content (AvgIpc) is 2.99. The SMILES string of the molecule is C=CC(=O)N1CCN(C2NC(=O)N3C4NC(C(F)CC42)C2C(F)CCCC2NCCC(=O)C2CCNC(C(C)C)C23)[C@@H](C)C1. The van der Waals surface area contributed by atoms with Crippen LogP contribution in [0.3, 0.4) is 0 Å². The number of alkyl halides is 2. The molecule has 1 saturated carbocycles. The number of halogens is 2. The van der Waals surface area contributed by atoms with Gasteiger partial charge in [0.25, 0.3) is 0 Å². The van der Waals surface area contributed by atoms with Gasteiger partial charge in [0.2, 0.25) is 5.91 Å². The van der Waals surface area contributed by atoms with Gasteiger partial charge < -0.3 is 25.8 Å². The van der Waals surface area contributed by atoms with E-state index in [1.54, 1.807) is 4.90 Å². The third kappa shape index (κ3) is 5.69. The molecule has 5 saturated heterocycles. The highest BCUT2D eigenvalue weighted by molar-refractivity contribution is 5.87. The third-order valence-corrected chi connectivity index (χ3v) is 11.5. The van der Waals surface area contributed by atoms with E-state index in [9.17, 15) is 14.4 Å². The quantitative estimate of drug-likeness (QED) is 0.357. The van der Waals surface area contributed by atoms with E-state index in [-0.39, 0.29) is 60.0 Å². The van der Waals surface area contributed by atoms with Crippen LogP contribution in [-0.4, -0.2) is 120 Å². The van der Waals surface area contributed by atoms with Gasteiger partial charge in [-0.05, 0) is 57.6 Å². The van der Waals surface area contributed by atoms with Crippen LogP contribution in [0.1, 0.15) is 59.3 Å². The maximum atomic E-state index is 16.5. The summed E-state index contributed by atoms with van der Waals surface area (Å²) in [4.78, 5) is 46.4. The summed E-state index contributed by atoms with van der Waals surface area (Å²) in [7, 11) is 0. The molecule has 5 aliphatic heterocycles. The first-order chi connectivity index (χ1) is 21.1. The molecule has 0 aromatic carbocycles. The molecule has 5 heterocycles. The molecule has 0 radical (unpaired) electrons. The van der Waals surface area contributed by atoms with E-state index in [0.717, 1.165) is 12.8 Å². The van der Waals surface area contributed by atoms with E-state index in [2.05, 4.69) is 46.6 Å². The third-order valence-electron chi connectivity index (χ3n) is 11.5. The number of carbonyl (C=O) groups excluding carboxylic acids is 3. The second-order valence-corrected chi connectivity index (χ2v) is 14.3. The smallest absolute Gasteiger partial charge is 0.320 e. The maximum absolute atomic E-state index is 16.5. The van der Waals surface area contributed by atoms with Crippen LogP contribution in [0.2, 0.25) is 0 Å². The Hall–Kier alpha value is -2.15. The van der Waals surface area contributed by atoms with Gasteiger partial charge >= 0.3 is 6.03 Å². The lowest BCUT2D eigenvalue weighted by Gasteiger charge is -2.60. The molecule has 6 fully saturated rings. The van der Waals surface area contributed by atoms with E-state index in [1.807, 2.05) is 11.8 Å². The van der Waals surface area contributed by atoms with Crippen molar-refractivity contribution in [2.75, 3.05) is 32.7 Å². The number of ketones is 1. The van der Waals surface area contributed by atoms with Crippen LogP contribution in [0, 0.1) is 23.7 Å². The lowest BCUT2D eigenvalue weighted by atomic mass is 9.71. The zero-order chi connectivity index (χ0) is 31.3. The molecular formula is C32H51F2N7O3. The number of nitrogens with one attached hydrogen (secondary N) is 4. The van der Waals surface area contributed by atoms with E-state index >= 15 is 8.78 Å². The van der Waals surface area contributed by atoms with Crippen LogP contribution in [-0.2, 0) is 9.59 Å². The maximum Gasteiger partial charge on any atom is 0.320 e. The highest BCUT2D eigenvalue weighted by Gasteiger charge is 2.58. The second-order valence-electron chi connectivity index (χ2n) is 14.3. The normalized spacial score (nSPS) is 43.7. The topological polar surface area (TPSA) is 109 Å². The molecule has 0 spiro atoms. The number of carbonyl (C=O) groups is 3. The van der Waals surface area contributed by atoms with Crippen molar-refractivity contribution in [3.8, 4) is 0 Å². The van der Waals surface area contributed by atoms with Crippen molar-refractivity contribution in [2.24, 2.45) is 23.7 Å². The van der Waals surface area contributed by atoms with Crippen LogP contribution < -0.4 is 21.3 Å². The summed E-state index contributed by atoms with van der Waals surface area (Å²) in [5.41, 5.74) is 0. The lowest BCUT2D eigenvalue weighted by Crippen LogP contribution is -2.80. The molecule has 6 aliphatic rings. The molecular weight excluding hydrogens is 568 g/mol. The fourth-order valence-corrected chi connectivity index (χ4v) is 9.44. The molecule has 6 rings (SSSR count). The number of rotatable bonds is 3. The first-order valence-corrected chi connectivity index (χ1v) is 16.9. The van der Waals surface area contributed by atoms with Gasteiger partial charge in [0.05, 0.1) is 18.4 Å². The van der Waals surface area contributed by atoms with Crippen molar-refractivity contribution in [2.45, 2.75) is 114 Å². The number of piperazine rings is 1. The number of nitrogens with zero attached hydrogens (tertiary/aromatic N) is 3. The minimum Gasteiger partial charge on any atom is -0.336 e. The predicted molar refractivity (Wildman–Crippen MR) is 163 cm³/mol. The van der Waals surface area contributed by atoms with Gasteiger partial charge in [-0.15, -0.1) is 0 Å². The summed E-state index contributed by atoms with van der Waals surface area (Å²) < 4.78 is 32.3. The number of urea groups is 1. The van der Waals surface area contributed by atoms with Crippen molar-refractivity contribution >= 4 is 17.7 Å². The predicted octanol–water partition coefficient (Wildman–Crippen LogP) is 1.77. The molecule has 1 aliphatic carbocycles. The molecule has 4 N–H and O–H groups in total. The minimum absolute atomic E-state index is 0.0808. The Morgan fingerprint density at radius 2 is 1.84 bits per heavy atom. The Morgan fingerprint density at radius 3 is 2.57 bits per heavy atom. The summed E-state index contributed by atoms with van der Waals surface area (Å²) in [5, 5.41) is 13.9. The molecule has 2 bridgehead atoms.